The highest BCUT2D eigenvalue weighted by atomic mass is 16.5. The molecule has 1 aromatic rings. The molecular weight excluding hydrogens is 288 g/mol. The lowest BCUT2D eigenvalue weighted by atomic mass is 10.0. The van der Waals surface area contributed by atoms with Crippen molar-refractivity contribution in [2.75, 3.05) is 26.3 Å². The summed E-state index contributed by atoms with van der Waals surface area (Å²) in [5.41, 5.74) is 1.34. The van der Waals surface area contributed by atoms with Gasteiger partial charge in [0, 0.05) is 45.3 Å². The second-order valence-corrected chi connectivity index (χ2v) is 7.10. The van der Waals surface area contributed by atoms with Gasteiger partial charge < -0.3 is 10.1 Å². The molecule has 0 unspecified atom stereocenters. The van der Waals surface area contributed by atoms with E-state index in [1.165, 1.54) is 5.56 Å². The molecule has 1 N–H and O–H groups in total. The molecule has 0 radical (unpaired) electrons. The maximum Gasteiger partial charge on any atom is 0.220 e. The van der Waals surface area contributed by atoms with Crippen LogP contribution in [0.3, 0.4) is 0 Å². The number of nitrogens with zero attached hydrogens (tertiary/aromatic N) is 1. The average Bonchev–Trinajstić information content (AvgIpc) is 3.17. The third-order valence-corrected chi connectivity index (χ3v) is 5.09. The molecule has 0 spiro atoms. The first-order valence-electron chi connectivity index (χ1n) is 8.84. The highest BCUT2D eigenvalue weighted by Gasteiger charge is 2.30. The van der Waals surface area contributed by atoms with Crippen LogP contribution in [0.5, 0.6) is 0 Å². The number of amides is 1. The van der Waals surface area contributed by atoms with Crippen LogP contribution in [0.2, 0.25) is 0 Å². The first-order valence-corrected chi connectivity index (χ1v) is 8.84. The van der Waals surface area contributed by atoms with Crippen molar-refractivity contribution in [3.8, 4) is 0 Å². The molecule has 0 bridgehead atoms. The molecule has 0 aliphatic carbocycles. The van der Waals surface area contributed by atoms with Crippen molar-refractivity contribution in [3.05, 3.63) is 35.9 Å². The van der Waals surface area contributed by atoms with Crippen LogP contribution in [0.15, 0.2) is 30.3 Å². The Hall–Kier alpha value is -1.39. The Labute approximate surface area is 139 Å². The molecule has 3 rings (SSSR count). The van der Waals surface area contributed by atoms with E-state index in [2.05, 4.69) is 47.5 Å². The summed E-state index contributed by atoms with van der Waals surface area (Å²) in [5.74, 6) is 1.30. The molecule has 3 atom stereocenters. The number of likely N-dealkylation sites (tertiary alicyclic amines) is 1. The summed E-state index contributed by atoms with van der Waals surface area (Å²) < 4.78 is 5.37. The second kappa shape index (κ2) is 7.93. The van der Waals surface area contributed by atoms with E-state index < -0.39 is 0 Å². The lowest BCUT2D eigenvalue weighted by molar-refractivity contribution is -0.122. The number of rotatable bonds is 6. The molecule has 126 valence electrons. The highest BCUT2D eigenvalue weighted by Crippen LogP contribution is 2.20. The standard InChI is InChI=1S/C19H28N2O2/c1-15-11-21(12-16-5-3-2-4-6-16)13-18(15)20-19(22)8-7-17-9-10-23-14-17/h2-6,15,17-18H,7-14H2,1H3,(H,20,22)/t15-,17-,18-/m1/s1. The van der Waals surface area contributed by atoms with E-state index >= 15 is 0 Å². The van der Waals surface area contributed by atoms with Crippen LogP contribution in [-0.2, 0) is 16.1 Å². The van der Waals surface area contributed by atoms with Gasteiger partial charge in [-0.25, -0.2) is 0 Å². The van der Waals surface area contributed by atoms with Gasteiger partial charge in [0.15, 0.2) is 0 Å². The normalized spacial score (nSPS) is 28.1. The number of carbonyl (C=O) groups is 1. The van der Waals surface area contributed by atoms with Crippen LogP contribution in [-0.4, -0.2) is 43.2 Å². The van der Waals surface area contributed by atoms with Gasteiger partial charge in [-0.2, -0.15) is 0 Å². The van der Waals surface area contributed by atoms with E-state index in [0.717, 1.165) is 45.7 Å². The van der Waals surface area contributed by atoms with Gasteiger partial charge in [-0.05, 0) is 30.2 Å². The summed E-state index contributed by atoms with van der Waals surface area (Å²) in [5, 5.41) is 3.25. The fourth-order valence-electron chi connectivity index (χ4n) is 3.65. The average molecular weight is 316 g/mol. The van der Waals surface area contributed by atoms with Crippen molar-refractivity contribution in [3.63, 3.8) is 0 Å². The van der Waals surface area contributed by atoms with Crippen LogP contribution >= 0.6 is 0 Å². The van der Waals surface area contributed by atoms with Crippen molar-refractivity contribution in [1.29, 1.82) is 0 Å². The van der Waals surface area contributed by atoms with Gasteiger partial charge in [0.2, 0.25) is 5.91 Å². The van der Waals surface area contributed by atoms with E-state index in [1.807, 2.05) is 0 Å². The molecule has 0 aromatic heterocycles. The third kappa shape index (κ3) is 4.79. The predicted octanol–water partition coefficient (Wildman–Crippen LogP) is 2.44. The highest BCUT2D eigenvalue weighted by molar-refractivity contribution is 5.76. The molecule has 2 aliphatic rings. The Morgan fingerprint density at radius 1 is 1.30 bits per heavy atom. The summed E-state index contributed by atoms with van der Waals surface area (Å²) in [6.07, 6.45) is 2.70. The Morgan fingerprint density at radius 3 is 2.87 bits per heavy atom. The fraction of sp³-hybridized carbons (Fsp3) is 0.632. The molecule has 1 amide bonds. The number of carbonyl (C=O) groups excluding carboxylic acids is 1. The zero-order chi connectivity index (χ0) is 16.1. The van der Waals surface area contributed by atoms with E-state index in [0.29, 0.717) is 18.3 Å². The van der Waals surface area contributed by atoms with Crippen LogP contribution < -0.4 is 5.32 Å². The monoisotopic (exact) mass is 316 g/mol. The quantitative estimate of drug-likeness (QED) is 0.876. The second-order valence-electron chi connectivity index (χ2n) is 7.10. The minimum Gasteiger partial charge on any atom is -0.381 e. The van der Waals surface area contributed by atoms with Crippen molar-refractivity contribution in [2.45, 2.75) is 38.8 Å². The smallest absolute Gasteiger partial charge is 0.220 e. The van der Waals surface area contributed by atoms with Crippen LogP contribution in [0, 0.1) is 11.8 Å². The molecule has 23 heavy (non-hydrogen) atoms. The molecule has 0 saturated carbocycles. The first-order chi connectivity index (χ1) is 11.2. The minimum absolute atomic E-state index is 0.204. The third-order valence-electron chi connectivity index (χ3n) is 5.09. The number of benzene rings is 1. The topological polar surface area (TPSA) is 41.6 Å². The molecule has 1 aromatic carbocycles. The largest absolute Gasteiger partial charge is 0.381 e. The van der Waals surface area contributed by atoms with Crippen molar-refractivity contribution >= 4 is 5.91 Å². The van der Waals surface area contributed by atoms with Crippen LogP contribution in [0.25, 0.3) is 0 Å². The number of hydrogen-bond acceptors (Lipinski definition) is 3. The number of hydrogen-bond donors (Lipinski definition) is 1. The summed E-state index contributed by atoms with van der Waals surface area (Å²) in [7, 11) is 0. The van der Waals surface area contributed by atoms with Crippen molar-refractivity contribution < 1.29 is 9.53 Å². The maximum atomic E-state index is 12.2. The summed E-state index contributed by atoms with van der Waals surface area (Å²) in [6.45, 7) is 6.90. The zero-order valence-corrected chi connectivity index (χ0v) is 14.0. The van der Waals surface area contributed by atoms with Gasteiger partial charge in [0.05, 0.1) is 0 Å². The van der Waals surface area contributed by atoms with E-state index in [9.17, 15) is 4.79 Å². The zero-order valence-electron chi connectivity index (χ0n) is 14.0. The van der Waals surface area contributed by atoms with E-state index in [4.69, 9.17) is 4.74 Å². The van der Waals surface area contributed by atoms with Gasteiger partial charge in [-0.3, -0.25) is 9.69 Å². The Balaban J connectivity index is 1.42. The van der Waals surface area contributed by atoms with E-state index in [1.54, 1.807) is 0 Å². The van der Waals surface area contributed by atoms with Gasteiger partial charge in [0.25, 0.3) is 0 Å². The molecule has 2 aliphatic heterocycles. The van der Waals surface area contributed by atoms with Gasteiger partial charge >= 0.3 is 0 Å². The fourth-order valence-corrected chi connectivity index (χ4v) is 3.65. The Kier molecular flexibility index (Phi) is 5.68. The first kappa shape index (κ1) is 16.5. The lowest BCUT2D eigenvalue weighted by Crippen LogP contribution is -2.39. The van der Waals surface area contributed by atoms with E-state index in [-0.39, 0.29) is 11.9 Å². The molecular formula is C19H28N2O2. The molecule has 2 saturated heterocycles. The van der Waals surface area contributed by atoms with Gasteiger partial charge in [-0.1, -0.05) is 37.3 Å². The van der Waals surface area contributed by atoms with Crippen LogP contribution in [0.4, 0.5) is 0 Å². The summed E-state index contributed by atoms with van der Waals surface area (Å²) in [4.78, 5) is 14.6. The number of nitrogens with one attached hydrogen (secondary N) is 1. The number of ether oxygens (including phenoxy) is 1. The predicted molar refractivity (Wildman–Crippen MR) is 91.0 cm³/mol. The Bertz CT molecular complexity index is 499. The maximum absolute atomic E-state index is 12.2. The van der Waals surface area contributed by atoms with Crippen molar-refractivity contribution in [2.24, 2.45) is 11.8 Å². The van der Waals surface area contributed by atoms with Crippen LogP contribution in [0.1, 0.15) is 31.7 Å². The van der Waals surface area contributed by atoms with Gasteiger partial charge in [-0.15, -0.1) is 0 Å². The molecule has 4 nitrogen and oxygen atoms in total. The molecule has 2 heterocycles. The van der Waals surface area contributed by atoms with Gasteiger partial charge in [0.1, 0.15) is 0 Å². The molecule has 2 fully saturated rings. The lowest BCUT2D eigenvalue weighted by Gasteiger charge is -2.18. The summed E-state index contributed by atoms with van der Waals surface area (Å²) in [6, 6.07) is 10.8. The summed E-state index contributed by atoms with van der Waals surface area (Å²) >= 11 is 0. The SMILES string of the molecule is C[C@@H]1CN(Cc2ccccc2)C[C@H]1NC(=O)CC[C@@H]1CCOC1. The van der Waals surface area contributed by atoms with Crippen molar-refractivity contribution in [1.82, 2.24) is 10.2 Å². The molecule has 4 heteroatoms. The Morgan fingerprint density at radius 2 is 2.13 bits per heavy atom. The minimum atomic E-state index is 0.204.